The zero-order valence-corrected chi connectivity index (χ0v) is 39.6. The molecule has 4 aliphatic rings. The smallest absolute Gasteiger partial charge is 0.312 e. The van der Waals surface area contributed by atoms with E-state index in [2.05, 4.69) is 18.4 Å². The van der Waals surface area contributed by atoms with Crippen molar-refractivity contribution in [1.29, 1.82) is 0 Å². The number of Topliss-reactive ketones (excluding diaryl/α,β-unsaturated/α-hetero) is 2. The van der Waals surface area contributed by atoms with Crippen LogP contribution in [0.4, 0.5) is 0 Å². The molecule has 11 nitrogen and oxygen atoms in total. The van der Waals surface area contributed by atoms with Crippen molar-refractivity contribution in [3.63, 3.8) is 0 Å². The highest BCUT2D eigenvalue weighted by Gasteiger charge is 2.55. The van der Waals surface area contributed by atoms with Crippen molar-refractivity contribution >= 4 is 23.5 Å². The largest absolute Gasteiger partial charge is 0.457 e. The van der Waals surface area contributed by atoms with Crippen LogP contribution in [0.1, 0.15) is 113 Å². The Hall–Kier alpha value is -4.44. The summed E-state index contributed by atoms with van der Waals surface area (Å²) in [6, 6.07) is 19.9. The fourth-order valence-electron chi connectivity index (χ4n) is 9.26. The number of ether oxygens (including phenoxy) is 6. The van der Waals surface area contributed by atoms with Crippen LogP contribution in [-0.4, -0.2) is 82.5 Å². The van der Waals surface area contributed by atoms with Crippen molar-refractivity contribution in [3.8, 4) is 0 Å². The van der Waals surface area contributed by atoms with E-state index >= 15 is 0 Å². The van der Waals surface area contributed by atoms with Crippen molar-refractivity contribution in [2.24, 2.45) is 29.6 Å². The number of aliphatic hydroxyl groups excluding tert-OH is 1. The molecule has 2 aromatic carbocycles. The number of rotatable bonds is 8. The van der Waals surface area contributed by atoms with Crippen molar-refractivity contribution in [2.45, 2.75) is 169 Å². The number of carbonyl (C=O) groups is 4. The summed E-state index contributed by atoms with van der Waals surface area (Å²) in [5, 5.41) is 10.6. The quantitative estimate of drug-likeness (QED) is 0.201. The minimum atomic E-state index is -1.37. The number of hydrogen-bond acceptors (Lipinski definition) is 11. The Bertz CT molecular complexity index is 1920. The van der Waals surface area contributed by atoms with Gasteiger partial charge in [-0.15, -0.1) is 11.5 Å². The van der Waals surface area contributed by atoms with Gasteiger partial charge in [-0.1, -0.05) is 95.3 Å². The van der Waals surface area contributed by atoms with E-state index in [1.807, 2.05) is 121 Å². The number of fused-ring (bicyclic) bond motifs is 4. The first kappa shape index (κ1) is 50.6. The van der Waals surface area contributed by atoms with E-state index in [1.54, 1.807) is 20.8 Å². The lowest BCUT2D eigenvalue weighted by atomic mass is 9.82. The molecule has 0 aromatic heterocycles. The molecule has 0 aliphatic carbocycles. The summed E-state index contributed by atoms with van der Waals surface area (Å²) < 4.78 is 36.4. The summed E-state index contributed by atoms with van der Waals surface area (Å²) in [5.74, 6) is -2.97. The molecule has 14 atom stereocenters. The van der Waals surface area contributed by atoms with Crippen LogP contribution in [-0.2, 0) is 60.8 Å². The van der Waals surface area contributed by atoms with E-state index in [9.17, 15) is 24.3 Å². The van der Waals surface area contributed by atoms with Gasteiger partial charge in [0.2, 0.25) is 0 Å². The zero-order valence-electron chi connectivity index (χ0n) is 39.6. The summed E-state index contributed by atoms with van der Waals surface area (Å²) in [6.07, 6.45) is 1.60. The number of esters is 2. The second-order valence-corrected chi connectivity index (χ2v) is 18.7. The van der Waals surface area contributed by atoms with E-state index in [4.69, 9.17) is 28.4 Å². The third-order valence-electron chi connectivity index (χ3n) is 13.3. The van der Waals surface area contributed by atoms with Crippen molar-refractivity contribution in [1.82, 2.24) is 0 Å². The molecule has 1 N–H and O–H groups in total. The highest BCUT2D eigenvalue weighted by Crippen LogP contribution is 2.41. The molecule has 64 heavy (non-hydrogen) atoms. The number of cyclic esters (lactones) is 2. The van der Waals surface area contributed by atoms with Crippen LogP contribution in [0, 0.1) is 29.6 Å². The first-order chi connectivity index (χ1) is 30.3. The molecule has 2 fully saturated rings. The lowest BCUT2D eigenvalue weighted by Crippen LogP contribution is -2.39. The average Bonchev–Trinajstić information content (AvgIpc) is 3.64. The van der Waals surface area contributed by atoms with E-state index in [0.717, 1.165) is 22.3 Å². The molecular weight excluding hydrogens is 813 g/mol. The Labute approximate surface area is 380 Å². The fourth-order valence-corrected chi connectivity index (χ4v) is 9.26. The third kappa shape index (κ3) is 12.1. The number of carbonyl (C=O) groups excluding carboxylic acids is 4. The maximum atomic E-state index is 13.2. The van der Waals surface area contributed by atoms with Gasteiger partial charge >= 0.3 is 11.9 Å². The van der Waals surface area contributed by atoms with Gasteiger partial charge in [-0.2, -0.15) is 0 Å². The van der Waals surface area contributed by atoms with Gasteiger partial charge in [-0.3, -0.25) is 19.2 Å². The Morgan fingerprint density at radius 3 is 1.42 bits per heavy atom. The molecule has 0 amide bonds. The normalized spacial score (nSPS) is 36.0. The van der Waals surface area contributed by atoms with Gasteiger partial charge < -0.3 is 33.5 Å². The second-order valence-electron chi connectivity index (χ2n) is 18.7. The Kier molecular flexibility index (Phi) is 17.5. The Balaban J connectivity index is 0.000000241. The molecule has 2 aromatic rings. The predicted molar refractivity (Wildman–Crippen MR) is 243 cm³/mol. The maximum absolute atomic E-state index is 13.2. The third-order valence-corrected chi connectivity index (χ3v) is 13.3. The van der Waals surface area contributed by atoms with Crippen molar-refractivity contribution < 1.29 is 52.7 Å². The van der Waals surface area contributed by atoms with Gasteiger partial charge in [0.15, 0.2) is 11.6 Å². The lowest BCUT2D eigenvalue weighted by Gasteiger charge is -2.30. The highest BCUT2D eigenvalue weighted by atomic mass is 16.6. The van der Waals surface area contributed by atoms with Crippen molar-refractivity contribution in [2.75, 3.05) is 0 Å². The van der Waals surface area contributed by atoms with E-state index in [1.165, 1.54) is 0 Å². The van der Waals surface area contributed by atoms with Crippen LogP contribution in [0.15, 0.2) is 95.4 Å². The van der Waals surface area contributed by atoms with Gasteiger partial charge in [0, 0.05) is 17.1 Å². The Morgan fingerprint density at radius 1 is 0.609 bits per heavy atom. The minimum absolute atomic E-state index is 0.00617. The van der Waals surface area contributed by atoms with E-state index in [0.29, 0.717) is 38.9 Å². The minimum Gasteiger partial charge on any atom is -0.457 e. The molecular formula is C53H70O11. The standard InChI is InChI=1S/C27H36O5.C26H34O6/c1-7-22-17(2)13-14-23(30-16-21-11-9-8-10-12-21)18(3)15-27(6)25(28)19(4)24(32-27)20(5)26(29)31-22;1-6-20-16(2)12-13-21(30-15-19-10-8-7-9-11-19)17(3)14-26(5)24(28)22(27)23(32-26)18(4)25(29)31-20/h8-12,14,18-20,22-24H,7,15-16H2,1-6H3;7-11,13,17-18,20-23,27H,6,14-15H2,1-5H3/t13?,18-,19-,20-,22-,23-,24+,27+;12?,17-,18-,20-,21-,22-,23-,26+/m11/s1. The summed E-state index contributed by atoms with van der Waals surface area (Å²) in [4.78, 5) is 51.8. The van der Waals surface area contributed by atoms with Crippen LogP contribution >= 0.6 is 0 Å². The predicted octanol–water partition coefficient (Wildman–Crippen LogP) is 8.79. The Morgan fingerprint density at radius 2 is 1.00 bits per heavy atom. The average molecular weight is 883 g/mol. The molecule has 348 valence electrons. The van der Waals surface area contributed by atoms with Gasteiger partial charge in [0.25, 0.3) is 0 Å². The van der Waals surface area contributed by atoms with Crippen LogP contribution in [0.3, 0.4) is 0 Å². The number of ketones is 2. The lowest BCUT2D eigenvalue weighted by molar-refractivity contribution is -0.162. The topological polar surface area (TPSA) is 144 Å². The summed E-state index contributed by atoms with van der Waals surface area (Å²) >= 11 is 0. The molecule has 0 spiro atoms. The highest BCUT2D eigenvalue weighted by molar-refractivity contribution is 5.94. The van der Waals surface area contributed by atoms with Crippen LogP contribution in [0.5, 0.6) is 0 Å². The fraction of sp³-hybridized carbons (Fsp3) is 0.585. The maximum Gasteiger partial charge on any atom is 0.312 e. The summed E-state index contributed by atoms with van der Waals surface area (Å²) in [5.41, 5.74) is 8.18. The molecule has 4 bridgehead atoms. The van der Waals surface area contributed by atoms with Crippen LogP contribution in [0.25, 0.3) is 0 Å². The summed E-state index contributed by atoms with van der Waals surface area (Å²) in [6.45, 7) is 21.4. The molecule has 0 radical (unpaired) electrons. The molecule has 4 heterocycles. The van der Waals surface area contributed by atoms with E-state index < -0.39 is 59.2 Å². The van der Waals surface area contributed by atoms with Crippen LogP contribution in [0.2, 0.25) is 0 Å². The van der Waals surface area contributed by atoms with Crippen molar-refractivity contribution in [3.05, 3.63) is 107 Å². The first-order valence-electron chi connectivity index (χ1n) is 23.0. The molecule has 11 heteroatoms. The van der Waals surface area contributed by atoms with Gasteiger partial charge in [-0.05, 0) is 102 Å². The number of aliphatic hydroxyl groups is 1. The molecule has 0 unspecified atom stereocenters. The van der Waals surface area contributed by atoms with Crippen LogP contribution < -0.4 is 0 Å². The monoisotopic (exact) mass is 882 g/mol. The molecule has 6 rings (SSSR count). The van der Waals surface area contributed by atoms with Gasteiger partial charge in [0.1, 0.15) is 35.6 Å². The van der Waals surface area contributed by atoms with Gasteiger partial charge in [0.05, 0.1) is 43.4 Å². The number of hydrogen-bond donors (Lipinski definition) is 1. The van der Waals surface area contributed by atoms with E-state index in [-0.39, 0.29) is 47.8 Å². The number of benzene rings is 2. The second kappa shape index (κ2) is 22.2. The zero-order chi connectivity index (χ0) is 46.9. The molecule has 0 saturated carbocycles. The molecule has 2 saturated heterocycles. The summed E-state index contributed by atoms with van der Waals surface area (Å²) in [7, 11) is 0. The van der Waals surface area contributed by atoms with Gasteiger partial charge in [-0.25, -0.2) is 0 Å². The molecule has 4 aliphatic heterocycles. The first-order valence-corrected chi connectivity index (χ1v) is 23.0. The SMILES string of the molecule is CC[C@H]1OC(=O)[C@H](C)[C@H]2O[C@@](C)(C[C@@H](C)[C@H](OCc3ccccc3)C=C=C1C)C(=O)[C@@H]2C.CC[C@H]1OC(=O)[C@H](C)[C@H]2O[C@@](C)(C[C@@H](C)[C@H](OCc3ccccc3)C=C=C1C)C(=O)[C@@H]2O.